The summed E-state index contributed by atoms with van der Waals surface area (Å²) in [6, 6.07) is 15.4. The lowest BCUT2D eigenvalue weighted by Crippen LogP contribution is -2.29. The normalized spacial score (nSPS) is 11.1. The molecule has 0 heterocycles. The van der Waals surface area contributed by atoms with E-state index in [0.29, 0.717) is 5.56 Å². The first-order valence-corrected chi connectivity index (χ1v) is 8.33. The Labute approximate surface area is 150 Å². The second-order valence-corrected chi connectivity index (χ2v) is 6.18. The predicted octanol–water partition coefficient (Wildman–Crippen LogP) is 3.59. The van der Waals surface area contributed by atoms with Crippen molar-refractivity contribution in [2.75, 3.05) is 46.2 Å². The number of ketones is 1. The number of likely N-dealkylation sites (N-methyl/N-ethyl adjacent to an activating group) is 2. The molecule has 0 fully saturated rings. The third-order valence-electron chi connectivity index (χ3n) is 4.02. The summed E-state index contributed by atoms with van der Waals surface area (Å²) in [6.45, 7) is 1.78. The van der Waals surface area contributed by atoms with E-state index >= 15 is 0 Å². The van der Waals surface area contributed by atoms with Gasteiger partial charge in [-0.05, 0) is 44.4 Å². The molecule has 0 amide bonds. The van der Waals surface area contributed by atoms with E-state index < -0.39 is 0 Å². The highest BCUT2D eigenvalue weighted by molar-refractivity contribution is 6.10. The first kappa shape index (κ1) is 18.7. The lowest BCUT2D eigenvalue weighted by molar-refractivity contribution is 0.104. The number of hydrogen-bond acceptors (Lipinski definition) is 4. The maximum absolute atomic E-state index is 12.7. The van der Waals surface area contributed by atoms with Crippen LogP contribution < -0.4 is 9.64 Å². The zero-order valence-electron chi connectivity index (χ0n) is 15.4. The molecule has 0 aliphatic heterocycles. The first-order valence-electron chi connectivity index (χ1n) is 8.33. The molecule has 0 aromatic heterocycles. The minimum Gasteiger partial charge on any atom is -0.496 e. The van der Waals surface area contributed by atoms with Crippen molar-refractivity contribution in [3.8, 4) is 5.75 Å². The van der Waals surface area contributed by atoms with E-state index in [4.69, 9.17) is 4.74 Å². The van der Waals surface area contributed by atoms with Gasteiger partial charge in [0.2, 0.25) is 0 Å². The van der Waals surface area contributed by atoms with Crippen LogP contribution in [0.4, 0.5) is 5.69 Å². The zero-order valence-corrected chi connectivity index (χ0v) is 15.4. The Kier molecular flexibility index (Phi) is 6.78. The van der Waals surface area contributed by atoms with Crippen molar-refractivity contribution < 1.29 is 9.53 Å². The smallest absolute Gasteiger partial charge is 0.187 e. The topological polar surface area (TPSA) is 32.8 Å². The van der Waals surface area contributed by atoms with Gasteiger partial charge in [0.05, 0.1) is 7.11 Å². The van der Waals surface area contributed by atoms with Gasteiger partial charge in [0, 0.05) is 37.0 Å². The molecule has 25 heavy (non-hydrogen) atoms. The highest BCUT2D eigenvalue weighted by Crippen LogP contribution is 2.22. The van der Waals surface area contributed by atoms with Crippen molar-refractivity contribution >= 4 is 17.5 Å². The van der Waals surface area contributed by atoms with Crippen LogP contribution in [0.25, 0.3) is 6.08 Å². The molecule has 0 saturated heterocycles. The maximum Gasteiger partial charge on any atom is 0.187 e. The van der Waals surface area contributed by atoms with Gasteiger partial charge >= 0.3 is 0 Å². The summed E-state index contributed by atoms with van der Waals surface area (Å²) in [4.78, 5) is 17.0. The van der Waals surface area contributed by atoms with Crippen LogP contribution in [0.1, 0.15) is 15.9 Å². The largest absolute Gasteiger partial charge is 0.496 e. The van der Waals surface area contributed by atoms with Crippen LogP contribution in [0.3, 0.4) is 0 Å². The van der Waals surface area contributed by atoms with Gasteiger partial charge in [0.15, 0.2) is 5.78 Å². The lowest BCUT2D eigenvalue weighted by atomic mass is 10.1. The molecule has 132 valence electrons. The van der Waals surface area contributed by atoms with Gasteiger partial charge in [0.25, 0.3) is 0 Å². The number of rotatable bonds is 8. The fourth-order valence-corrected chi connectivity index (χ4v) is 2.54. The third-order valence-corrected chi connectivity index (χ3v) is 4.02. The Morgan fingerprint density at radius 1 is 1.00 bits per heavy atom. The average molecular weight is 338 g/mol. The van der Waals surface area contributed by atoms with Crippen molar-refractivity contribution in [2.24, 2.45) is 0 Å². The molecule has 2 aromatic rings. The Morgan fingerprint density at radius 2 is 1.68 bits per heavy atom. The molecule has 0 spiro atoms. The van der Waals surface area contributed by atoms with E-state index in [1.807, 2.05) is 69.7 Å². The van der Waals surface area contributed by atoms with Crippen LogP contribution in [0.5, 0.6) is 5.75 Å². The number of hydrogen-bond donors (Lipinski definition) is 0. The summed E-state index contributed by atoms with van der Waals surface area (Å²) in [5.74, 6) is 0.737. The number of nitrogens with zero attached hydrogens (tertiary/aromatic N) is 2. The summed E-state index contributed by atoms with van der Waals surface area (Å²) >= 11 is 0. The SMILES string of the molecule is COc1ccccc1C=CC(=O)c1ccccc1N(C)CCN(C)C. The quantitative estimate of drug-likeness (QED) is 0.544. The molecule has 0 bridgehead atoms. The molecule has 2 aromatic carbocycles. The first-order chi connectivity index (χ1) is 12.0. The number of para-hydroxylation sites is 2. The highest BCUT2D eigenvalue weighted by atomic mass is 16.5. The number of allylic oxidation sites excluding steroid dienone is 1. The van der Waals surface area contributed by atoms with Crippen molar-refractivity contribution in [3.05, 3.63) is 65.7 Å². The van der Waals surface area contributed by atoms with Gasteiger partial charge in [-0.2, -0.15) is 0 Å². The standard InChI is InChI=1S/C21H26N2O2/c1-22(2)15-16-23(3)19-11-7-6-10-18(19)20(24)14-13-17-9-5-8-12-21(17)25-4/h5-14H,15-16H2,1-4H3. The summed E-state index contributed by atoms with van der Waals surface area (Å²) in [5, 5.41) is 0. The second-order valence-electron chi connectivity index (χ2n) is 6.18. The van der Waals surface area contributed by atoms with E-state index in [-0.39, 0.29) is 5.78 Å². The van der Waals surface area contributed by atoms with Crippen LogP contribution in [-0.2, 0) is 0 Å². The van der Waals surface area contributed by atoms with Crippen molar-refractivity contribution in [3.63, 3.8) is 0 Å². The highest BCUT2D eigenvalue weighted by Gasteiger charge is 2.12. The van der Waals surface area contributed by atoms with Gasteiger partial charge < -0.3 is 14.5 Å². The molecule has 0 saturated carbocycles. The number of carbonyl (C=O) groups excluding carboxylic acids is 1. The van der Waals surface area contributed by atoms with Crippen molar-refractivity contribution in [1.82, 2.24) is 4.90 Å². The van der Waals surface area contributed by atoms with E-state index in [1.165, 1.54) is 0 Å². The Hall–Kier alpha value is -2.59. The van der Waals surface area contributed by atoms with E-state index in [1.54, 1.807) is 19.3 Å². The third kappa shape index (κ3) is 5.19. The van der Waals surface area contributed by atoms with Gasteiger partial charge in [-0.3, -0.25) is 4.79 Å². The van der Waals surface area contributed by atoms with Crippen LogP contribution in [0, 0.1) is 0 Å². The van der Waals surface area contributed by atoms with Crippen LogP contribution in [-0.4, -0.2) is 52.0 Å². The minimum atomic E-state index is -0.0155. The van der Waals surface area contributed by atoms with Gasteiger partial charge in [-0.15, -0.1) is 0 Å². The molecule has 0 atom stereocenters. The molecule has 4 nitrogen and oxygen atoms in total. The van der Waals surface area contributed by atoms with Crippen LogP contribution in [0.15, 0.2) is 54.6 Å². The number of carbonyl (C=O) groups is 1. The fourth-order valence-electron chi connectivity index (χ4n) is 2.54. The summed E-state index contributed by atoms with van der Waals surface area (Å²) in [5.41, 5.74) is 2.53. The van der Waals surface area contributed by atoms with Crippen molar-refractivity contribution in [1.29, 1.82) is 0 Å². The maximum atomic E-state index is 12.7. The summed E-state index contributed by atoms with van der Waals surface area (Å²) < 4.78 is 5.32. The number of anilines is 1. The Morgan fingerprint density at radius 3 is 2.40 bits per heavy atom. The minimum absolute atomic E-state index is 0.0155. The number of ether oxygens (including phenoxy) is 1. The van der Waals surface area contributed by atoms with Gasteiger partial charge in [0.1, 0.15) is 5.75 Å². The summed E-state index contributed by atoms with van der Waals surface area (Å²) in [6.07, 6.45) is 3.41. The molecule has 4 heteroatoms. The molecule has 0 radical (unpaired) electrons. The number of benzene rings is 2. The molecule has 2 rings (SSSR count). The molecular formula is C21H26N2O2. The lowest BCUT2D eigenvalue weighted by Gasteiger charge is -2.23. The fraction of sp³-hybridized carbons (Fsp3) is 0.286. The summed E-state index contributed by atoms with van der Waals surface area (Å²) in [7, 11) is 7.73. The average Bonchev–Trinajstić information content (AvgIpc) is 2.64. The molecule has 0 aliphatic rings. The van der Waals surface area contributed by atoms with E-state index in [2.05, 4.69) is 9.80 Å². The monoisotopic (exact) mass is 338 g/mol. The predicted molar refractivity (Wildman–Crippen MR) is 105 cm³/mol. The van der Waals surface area contributed by atoms with E-state index in [0.717, 1.165) is 30.1 Å². The molecule has 0 unspecified atom stereocenters. The van der Waals surface area contributed by atoms with Gasteiger partial charge in [-0.25, -0.2) is 0 Å². The molecular weight excluding hydrogens is 312 g/mol. The number of methoxy groups -OCH3 is 1. The Balaban J connectivity index is 2.20. The van der Waals surface area contributed by atoms with Gasteiger partial charge in [-0.1, -0.05) is 30.3 Å². The Bertz CT molecular complexity index is 738. The zero-order chi connectivity index (χ0) is 18.2. The molecule has 0 aliphatic carbocycles. The van der Waals surface area contributed by atoms with E-state index in [9.17, 15) is 4.79 Å². The van der Waals surface area contributed by atoms with Crippen LogP contribution in [0.2, 0.25) is 0 Å². The molecule has 0 N–H and O–H groups in total. The second kappa shape index (κ2) is 9.04. The van der Waals surface area contributed by atoms with Crippen molar-refractivity contribution in [2.45, 2.75) is 0 Å². The van der Waals surface area contributed by atoms with Crippen LogP contribution >= 0.6 is 0 Å².